The van der Waals surface area contributed by atoms with E-state index in [4.69, 9.17) is 4.74 Å². The summed E-state index contributed by atoms with van der Waals surface area (Å²) in [6.45, 7) is 4.18. The van der Waals surface area contributed by atoms with Gasteiger partial charge in [-0.2, -0.15) is 0 Å². The van der Waals surface area contributed by atoms with Crippen LogP contribution in [0.1, 0.15) is 35.1 Å². The zero-order valence-corrected chi connectivity index (χ0v) is 14.8. The van der Waals surface area contributed by atoms with E-state index in [1.807, 2.05) is 13.1 Å². The molecule has 1 saturated heterocycles. The van der Waals surface area contributed by atoms with E-state index in [1.165, 1.54) is 17.7 Å². The van der Waals surface area contributed by atoms with Crippen LogP contribution in [-0.2, 0) is 11.3 Å². The zero-order chi connectivity index (χ0) is 17.9. The standard InChI is InChI=1S/C22H21FN2O/c1-15-10-20(23)4-5-21(15)25-22-12-19-14-24-13-18(19)11-17(22)3-2-16-6-8-26-9-7-16/h4-5,10-12,14,16,25H,6-9,13H2,1H3. The SMILES string of the molecule is Cc1cc(F)ccc1Nc1cc2c(cc1C#CC1CCOCC1)CN=C2. The molecule has 26 heavy (non-hydrogen) atoms. The summed E-state index contributed by atoms with van der Waals surface area (Å²) in [6, 6.07) is 8.97. The molecule has 2 aliphatic rings. The van der Waals surface area contributed by atoms with Crippen LogP contribution in [0.3, 0.4) is 0 Å². The van der Waals surface area contributed by atoms with E-state index < -0.39 is 0 Å². The third-order valence-electron chi connectivity index (χ3n) is 4.86. The van der Waals surface area contributed by atoms with Crippen LogP contribution < -0.4 is 5.32 Å². The normalized spacial score (nSPS) is 16.1. The molecule has 4 rings (SSSR count). The molecule has 3 nitrogen and oxygen atoms in total. The molecule has 4 heteroatoms. The summed E-state index contributed by atoms with van der Waals surface area (Å²) in [5.41, 5.74) is 5.96. The van der Waals surface area contributed by atoms with Crippen LogP contribution in [-0.4, -0.2) is 19.4 Å². The third kappa shape index (κ3) is 3.63. The van der Waals surface area contributed by atoms with Gasteiger partial charge in [-0.25, -0.2) is 4.39 Å². The van der Waals surface area contributed by atoms with Gasteiger partial charge in [0.1, 0.15) is 5.82 Å². The van der Waals surface area contributed by atoms with E-state index in [-0.39, 0.29) is 5.82 Å². The van der Waals surface area contributed by atoms with Crippen LogP contribution >= 0.6 is 0 Å². The highest BCUT2D eigenvalue weighted by Gasteiger charge is 2.14. The maximum Gasteiger partial charge on any atom is 0.123 e. The molecule has 0 unspecified atom stereocenters. The van der Waals surface area contributed by atoms with Gasteiger partial charge < -0.3 is 10.1 Å². The molecule has 0 amide bonds. The Morgan fingerprint density at radius 2 is 2.00 bits per heavy atom. The quantitative estimate of drug-likeness (QED) is 0.806. The molecule has 0 atom stereocenters. The second-order valence-electron chi connectivity index (χ2n) is 6.81. The van der Waals surface area contributed by atoms with Gasteiger partial charge in [-0.1, -0.05) is 11.8 Å². The van der Waals surface area contributed by atoms with Crippen molar-refractivity contribution in [3.05, 3.63) is 58.4 Å². The number of hydrogen-bond donors (Lipinski definition) is 1. The van der Waals surface area contributed by atoms with E-state index in [2.05, 4.69) is 34.3 Å². The van der Waals surface area contributed by atoms with Gasteiger partial charge in [0.25, 0.3) is 0 Å². The molecule has 0 radical (unpaired) electrons. The van der Waals surface area contributed by atoms with E-state index in [9.17, 15) is 4.39 Å². The maximum absolute atomic E-state index is 13.4. The Balaban J connectivity index is 1.67. The van der Waals surface area contributed by atoms with Gasteiger partial charge in [-0.15, -0.1) is 0 Å². The lowest BCUT2D eigenvalue weighted by atomic mass is 9.99. The number of ether oxygens (including phenoxy) is 1. The van der Waals surface area contributed by atoms with Gasteiger partial charge >= 0.3 is 0 Å². The van der Waals surface area contributed by atoms with Gasteiger partial charge in [0.15, 0.2) is 0 Å². The largest absolute Gasteiger partial charge is 0.381 e. The maximum atomic E-state index is 13.4. The molecule has 2 heterocycles. The predicted molar refractivity (Wildman–Crippen MR) is 103 cm³/mol. The van der Waals surface area contributed by atoms with Crippen LogP contribution in [0.25, 0.3) is 0 Å². The molecule has 0 aliphatic carbocycles. The number of anilines is 2. The molecule has 2 aromatic carbocycles. The van der Waals surface area contributed by atoms with E-state index >= 15 is 0 Å². The second-order valence-corrected chi connectivity index (χ2v) is 6.81. The fourth-order valence-electron chi connectivity index (χ4n) is 3.30. The van der Waals surface area contributed by atoms with Crippen molar-refractivity contribution in [3.8, 4) is 11.8 Å². The van der Waals surface area contributed by atoms with E-state index in [0.717, 1.165) is 54.1 Å². The fraction of sp³-hybridized carbons (Fsp3) is 0.318. The van der Waals surface area contributed by atoms with Crippen molar-refractivity contribution in [2.45, 2.75) is 26.3 Å². The summed E-state index contributed by atoms with van der Waals surface area (Å²) < 4.78 is 18.8. The summed E-state index contributed by atoms with van der Waals surface area (Å²) in [7, 11) is 0. The molecule has 2 aromatic rings. The van der Waals surface area contributed by atoms with Crippen molar-refractivity contribution in [2.75, 3.05) is 18.5 Å². The first kappa shape index (κ1) is 16.8. The van der Waals surface area contributed by atoms with E-state index in [1.54, 1.807) is 6.07 Å². The first-order valence-electron chi connectivity index (χ1n) is 8.98. The Bertz CT molecular complexity index is 918. The molecule has 1 N–H and O–H groups in total. The smallest absolute Gasteiger partial charge is 0.123 e. The lowest BCUT2D eigenvalue weighted by molar-refractivity contribution is 0.0807. The Labute approximate surface area is 153 Å². The minimum Gasteiger partial charge on any atom is -0.381 e. The monoisotopic (exact) mass is 348 g/mol. The summed E-state index contributed by atoms with van der Waals surface area (Å²) in [6.07, 6.45) is 3.87. The molecule has 2 aliphatic heterocycles. The summed E-state index contributed by atoms with van der Waals surface area (Å²) in [5.74, 6) is 6.93. The number of fused-ring (bicyclic) bond motifs is 1. The van der Waals surface area contributed by atoms with Crippen molar-refractivity contribution in [1.82, 2.24) is 0 Å². The van der Waals surface area contributed by atoms with Crippen molar-refractivity contribution in [1.29, 1.82) is 0 Å². The lowest BCUT2D eigenvalue weighted by Gasteiger charge is -2.17. The van der Waals surface area contributed by atoms with E-state index in [0.29, 0.717) is 12.5 Å². The summed E-state index contributed by atoms with van der Waals surface area (Å²) >= 11 is 0. The molecular weight excluding hydrogens is 327 g/mol. The average Bonchev–Trinajstić information content (AvgIpc) is 3.10. The number of aryl methyl sites for hydroxylation is 1. The topological polar surface area (TPSA) is 33.6 Å². The van der Waals surface area contributed by atoms with Crippen molar-refractivity contribution in [3.63, 3.8) is 0 Å². The first-order chi connectivity index (χ1) is 12.7. The Kier molecular flexibility index (Phi) is 4.73. The van der Waals surface area contributed by atoms with Crippen LogP contribution in [0.15, 0.2) is 35.3 Å². The summed E-state index contributed by atoms with van der Waals surface area (Å²) in [4.78, 5) is 4.35. The average molecular weight is 348 g/mol. The molecule has 132 valence electrons. The number of nitrogens with one attached hydrogen (secondary N) is 1. The third-order valence-corrected chi connectivity index (χ3v) is 4.86. The number of halogens is 1. The molecule has 0 aromatic heterocycles. The number of hydrogen-bond acceptors (Lipinski definition) is 3. The van der Waals surface area contributed by atoms with Gasteiger partial charge in [0.2, 0.25) is 0 Å². The van der Waals surface area contributed by atoms with Crippen LogP contribution in [0.4, 0.5) is 15.8 Å². The van der Waals surface area contributed by atoms with Crippen molar-refractivity contribution in [2.24, 2.45) is 10.9 Å². The highest BCUT2D eigenvalue weighted by molar-refractivity contribution is 5.88. The van der Waals surface area contributed by atoms with Gasteiger partial charge in [-0.3, -0.25) is 4.99 Å². The molecular formula is C22H21FN2O. The number of benzene rings is 2. The number of rotatable bonds is 2. The van der Waals surface area contributed by atoms with Crippen LogP contribution in [0.2, 0.25) is 0 Å². The zero-order valence-electron chi connectivity index (χ0n) is 14.8. The van der Waals surface area contributed by atoms with Gasteiger partial charge in [0.05, 0.1) is 12.2 Å². The minimum atomic E-state index is -0.228. The Hall–Kier alpha value is -2.64. The van der Waals surface area contributed by atoms with Crippen LogP contribution in [0.5, 0.6) is 0 Å². The minimum absolute atomic E-state index is 0.228. The highest BCUT2D eigenvalue weighted by Crippen LogP contribution is 2.28. The van der Waals surface area contributed by atoms with Crippen molar-refractivity contribution < 1.29 is 9.13 Å². The Morgan fingerprint density at radius 3 is 2.81 bits per heavy atom. The van der Waals surface area contributed by atoms with Gasteiger partial charge in [0, 0.05) is 36.6 Å². The van der Waals surface area contributed by atoms with Crippen molar-refractivity contribution >= 4 is 17.6 Å². The Morgan fingerprint density at radius 1 is 1.15 bits per heavy atom. The van der Waals surface area contributed by atoms with Crippen LogP contribution in [0, 0.1) is 30.5 Å². The number of nitrogens with zero attached hydrogens (tertiary/aromatic N) is 1. The highest BCUT2D eigenvalue weighted by atomic mass is 19.1. The molecule has 0 saturated carbocycles. The fourth-order valence-corrected chi connectivity index (χ4v) is 3.30. The van der Waals surface area contributed by atoms with Gasteiger partial charge in [-0.05, 0) is 66.8 Å². The predicted octanol–water partition coefficient (Wildman–Crippen LogP) is 4.59. The molecule has 1 fully saturated rings. The second kappa shape index (κ2) is 7.31. The number of aliphatic imine (C=N–C) groups is 1. The lowest BCUT2D eigenvalue weighted by Crippen LogP contribution is -2.13. The molecule has 0 spiro atoms. The molecule has 0 bridgehead atoms. The first-order valence-corrected chi connectivity index (χ1v) is 8.98. The summed E-state index contributed by atoms with van der Waals surface area (Å²) in [5, 5.41) is 3.43.